The summed E-state index contributed by atoms with van der Waals surface area (Å²) in [6.45, 7) is 3.02. The van der Waals surface area contributed by atoms with Crippen molar-refractivity contribution in [3.8, 4) is 0 Å². The molecule has 0 saturated heterocycles. The lowest BCUT2D eigenvalue weighted by Gasteiger charge is -1.86. The molecule has 0 aromatic heterocycles. The van der Waals surface area contributed by atoms with E-state index < -0.39 is 0 Å². The van der Waals surface area contributed by atoms with E-state index in [-0.39, 0.29) is 0 Å². The molecule has 2 heteroatoms. The molecule has 2 nitrogen and oxygen atoms in total. The monoisotopic (exact) mass is 112 g/mol. The summed E-state index contributed by atoms with van der Waals surface area (Å²) >= 11 is 0. The molecule has 0 rings (SSSR count). The van der Waals surface area contributed by atoms with Crippen molar-refractivity contribution < 1.29 is 0 Å². The van der Waals surface area contributed by atoms with Gasteiger partial charge in [0.1, 0.15) is 0 Å². The Kier molecular flexibility index (Phi) is 5.60. The van der Waals surface area contributed by atoms with Gasteiger partial charge in [0.05, 0.1) is 0 Å². The van der Waals surface area contributed by atoms with Crippen LogP contribution >= 0.6 is 0 Å². The quantitative estimate of drug-likeness (QED) is 0.537. The van der Waals surface area contributed by atoms with E-state index >= 15 is 0 Å². The molecule has 0 radical (unpaired) electrons. The molecule has 0 atom stereocenters. The van der Waals surface area contributed by atoms with Gasteiger partial charge in [0.15, 0.2) is 0 Å². The number of rotatable bonds is 3. The zero-order valence-corrected chi connectivity index (χ0v) is 5.39. The lowest BCUT2D eigenvalue weighted by molar-refractivity contribution is 0.921. The van der Waals surface area contributed by atoms with Crippen LogP contribution in [-0.2, 0) is 0 Å². The Morgan fingerprint density at radius 1 is 1.62 bits per heavy atom. The number of allylic oxidation sites excluding steroid dienone is 1. The molecule has 0 unspecified atom stereocenters. The molecular weight excluding hydrogens is 100 g/mol. The zero-order valence-electron chi connectivity index (χ0n) is 5.39. The third kappa shape index (κ3) is 5.21. The predicted octanol–water partition coefficient (Wildman–Crippen LogP) is 0.810. The third-order valence-corrected chi connectivity index (χ3v) is 0.653. The van der Waals surface area contributed by atoms with Gasteiger partial charge in [0, 0.05) is 19.8 Å². The molecule has 0 spiro atoms. The van der Waals surface area contributed by atoms with E-state index in [1.54, 1.807) is 13.3 Å². The minimum atomic E-state index is 0.966. The van der Waals surface area contributed by atoms with Gasteiger partial charge in [-0.15, -0.1) is 0 Å². The lowest BCUT2D eigenvalue weighted by Crippen LogP contribution is -2.01. The maximum atomic E-state index is 3.76. The predicted molar refractivity (Wildman–Crippen MR) is 37.2 cm³/mol. The van der Waals surface area contributed by atoms with Crippen LogP contribution in [0, 0.1) is 0 Å². The minimum Gasteiger partial charge on any atom is -0.391 e. The molecule has 0 aromatic carbocycles. The average molecular weight is 112 g/mol. The third-order valence-electron chi connectivity index (χ3n) is 0.653. The SMILES string of the molecule is CCN/C=C\C=N/C. The Morgan fingerprint density at radius 3 is 2.88 bits per heavy atom. The van der Waals surface area contributed by atoms with Crippen molar-refractivity contribution in [2.45, 2.75) is 6.92 Å². The second-order valence-electron chi connectivity index (χ2n) is 1.32. The lowest BCUT2D eigenvalue weighted by atomic mass is 10.6. The first-order valence-electron chi connectivity index (χ1n) is 2.72. The first kappa shape index (κ1) is 7.21. The summed E-state index contributed by atoms with van der Waals surface area (Å²) < 4.78 is 0. The van der Waals surface area contributed by atoms with Gasteiger partial charge < -0.3 is 5.32 Å². The Balaban J connectivity index is 3.07. The fraction of sp³-hybridized carbons (Fsp3) is 0.500. The summed E-state index contributed by atoms with van der Waals surface area (Å²) in [7, 11) is 1.75. The van der Waals surface area contributed by atoms with Crippen LogP contribution in [0.4, 0.5) is 0 Å². The fourth-order valence-electron chi connectivity index (χ4n) is 0.315. The highest BCUT2D eigenvalue weighted by Crippen LogP contribution is 1.61. The molecule has 0 aromatic rings. The summed E-state index contributed by atoms with van der Waals surface area (Å²) in [4.78, 5) is 3.76. The Morgan fingerprint density at radius 2 is 2.38 bits per heavy atom. The van der Waals surface area contributed by atoms with Gasteiger partial charge in [0.2, 0.25) is 0 Å². The smallest absolute Gasteiger partial charge is 0.0277 e. The summed E-state index contributed by atoms with van der Waals surface area (Å²) in [6.07, 6.45) is 5.47. The Labute approximate surface area is 50.3 Å². The molecule has 0 fully saturated rings. The molecular formula is C6H12N2. The van der Waals surface area contributed by atoms with E-state index in [2.05, 4.69) is 10.3 Å². The van der Waals surface area contributed by atoms with Crippen molar-refractivity contribution >= 4 is 6.21 Å². The zero-order chi connectivity index (χ0) is 6.24. The highest BCUT2D eigenvalue weighted by atomic mass is 14.8. The molecule has 1 N–H and O–H groups in total. The van der Waals surface area contributed by atoms with Crippen molar-refractivity contribution in [2.24, 2.45) is 4.99 Å². The maximum absolute atomic E-state index is 3.76. The summed E-state index contributed by atoms with van der Waals surface area (Å²) in [5, 5.41) is 3.01. The van der Waals surface area contributed by atoms with Gasteiger partial charge in [-0.25, -0.2) is 0 Å². The van der Waals surface area contributed by atoms with Crippen LogP contribution < -0.4 is 5.32 Å². The molecule has 8 heavy (non-hydrogen) atoms. The Hall–Kier alpha value is -0.790. The van der Waals surface area contributed by atoms with Crippen LogP contribution in [0.3, 0.4) is 0 Å². The molecule has 0 amide bonds. The van der Waals surface area contributed by atoms with Crippen molar-refractivity contribution in [3.63, 3.8) is 0 Å². The highest BCUT2D eigenvalue weighted by Gasteiger charge is 1.62. The van der Waals surface area contributed by atoms with E-state index in [0.717, 1.165) is 6.54 Å². The van der Waals surface area contributed by atoms with Crippen molar-refractivity contribution in [2.75, 3.05) is 13.6 Å². The molecule has 0 bridgehead atoms. The van der Waals surface area contributed by atoms with Crippen LogP contribution in [0.25, 0.3) is 0 Å². The number of hydrogen-bond acceptors (Lipinski definition) is 2. The Bertz CT molecular complexity index is 84.5. The summed E-state index contributed by atoms with van der Waals surface area (Å²) in [6, 6.07) is 0. The normalized spacial score (nSPS) is 11.2. The number of aliphatic imine (C=N–C) groups is 1. The van der Waals surface area contributed by atoms with Crippen molar-refractivity contribution in [3.05, 3.63) is 12.3 Å². The second-order valence-corrected chi connectivity index (χ2v) is 1.32. The molecule has 0 aliphatic carbocycles. The van der Waals surface area contributed by atoms with Crippen molar-refractivity contribution in [1.29, 1.82) is 0 Å². The fourth-order valence-corrected chi connectivity index (χ4v) is 0.315. The molecule has 0 saturated carbocycles. The van der Waals surface area contributed by atoms with Crippen LogP contribution in [-0.4, -0.2) is 19.8 Å². The van der Waals surface area contributed by atoms with Crippen LogP contribution in [0.5, 0.6) is 0 Å². The summed E-state index contributed by atoms with van der Waals surface area (Å²) in [5.41, 5.74) is 0. The van der Waals surface area contributed by atoms with E-state index in [4.69, 9.17) is 0 Å². The topological polar surface area (TPSA) is 24.4 Å². The van der Waals surface area contributed by atoms with Gasteiger partial charge >= 0.3 is 0 Å². The van der Waals surface area contributed by atoms with E-state index in [1.807, 2.05) is 19.2 Å². The maximum Gasteiger partial charge on any atom is 0.0277 e. The summed E-state index contributed by atoms with van der Waals surface area (Å²) in [5.74, 6) is 0. The standard InChI is InChI=1S/C6H12N2/c1-3-8-6-4-5-7-2/h4-6,8H,3H2,1-2H3/b6-4-,7-5-. The van der Waals surface area contributed by atoms with E-state index in [0.29, 0.717) is 0 Å². The molecule has 0 heterocycles. The van der Waals surface area contributed by atoms with E-state index in [1.165, 1.54) is 0 Å². The van der Waals surface area contributed by atoms with Crippen LogP contribution in [0.1, 0.15) is 6.92 Å². The molecule has 46 valence electrons. The molecule has 0 aliphatic rings. The number of nitrogens with zero attached hydrogens (tertiary/aromatic N) is 1. The van der Waals surface area contributed by atoms with Crippen LogP contribution in [0.2, 0.25) is 0 Å². The minimum absolute atomic E-state index is 0.966. The number of nitrogens with one attached hydrogen (secondary N) is 1. The van der Waals surface area contributed by atoms with Gasteiger partial charge in [-0.3, -0.25) is 4.99 Å². The first-order chi connectivity index (χ1) is 3.91. The average Bonchev–Trinajstić information content (AvgIpc) is 1.81. The largest absolute Gasteiger partial charge is 0.391 e. The van der Waals surface area contributed by atoms with E-state index in [9.17, 15) is 0 Å². The van der Waals surface area contributed by atoms with Gasteiger partial charge in [0.25, 0.3) is 0 Å². The molecule has 0 aliphatic heterocycles. The second kappa shape index (κ2) is 6.21. The van der Waals surface area contributed by atoms with Crippen LogP contribution in [0.15, 0.2) is 17.3 Å². The van der Waals surface area contributed by atoms with Crippen molar-refractivity contribution in [1.82, 2.24) is 5.32 Å². The van der Waals surface area contributed by atoms with Gasteiger partial charge in [-0.2, -0.15) is 0 Å². The van der Waals surface area contributed by atoms with Gasteiger partial charge in [-0.1, -0.05) is 0 Å². The number of hydrogen-bond donors (Lipinski definition) is 1. The first-order valence-corrected chi connectivity index (χ1v) is 2.72. The highest BCUT2D eigenvalue weighted by molar-refractivity contribution is 5.70. The van der Waals surface area contributed by atoms with Gasteiger partial charge in [-0.05, 0) is 19.2 Å².